The molecular weight excluding hydrogens is 292 g/mol. The summed E-state index contributed by atoms with van der Waals surface area (Å²) in [5.41, 5.74) is 3.36. The summed E-state index contributed by atoms with van der Waals surface area (Å²) in [4.78, 5) is 0. The molecule has 0 atom stereocenters. The number of phenolic OH excluding ortho intramolecular Hbond substituents is 1. The van der Waals surface area contributed by atoms with Gasteiger partial charge in [-0.1, -0.05) is 28.1 Å². The third-order valence-corrected chi connectivity index (χ3v) is 4.00. The Balaban J connectivity index is 2.08. The van der Waals surface area contributed by atoms with Crippen molar-refractivity contribution in [2.24, 2.45) is 0 Å². The van der Waals surface area contributed by atoms with Crippen molar-refractivity contribution in [3.63, 3.8) is 0 Å². The second kappa shape index (κ2) is 5.44. The predicted octanol–water partition coefficient (Wildman–Crippen LogP) is 4.35. The molecule has 2 nitrogen and oxygen atoms in total. The van der Waals surface area contributed by atoms with Gasteiger partial charge < -0.3 is 9.84 Å². The summed E-state index contributed by atoms with van der Waals surface area (Å²) >= 11 is 3.53. The first-order chi connectivity index (χ1) is 8.56. The highest BCUT2D eigenvalue weighted by Gasteiger charge is 2.03. The largest absolute Gasteiger partial charge is 0.508 e. The highest BCUT2D eigenvalue weighted by molar-refractivity contribution is 9.10. The zero-order chi connectivity index (χ0) is 13.1. The van der Waals surface area contributed by atoms with Crippen LogP contribution in [0.3, 0.4) is 0 Å². The molecule has 0 amide bonds. The first-order valence-electron chi connectivity index (χ1n) is 5.74. The Bertz CT molecular complexity index is 524. The van der Waals surface area contributed by atoms with E-state index in [0.717, 1.165) is 26.9 Å². The SMILES string of the molecule is Cc1cc(OCc2ccc(O)cc2)cc(C)c1Br. The van der Waals surface area contributed by atoms with Gasteiger partial charge in [-0.2, -0.15) is 0 Å². The zero-order valence-corrected chi connectivity index (χ0v) is 12.0. The van der Waals surface area contributed by atoms with Gasteiger partial charge in [-0.05, 0) is 54.8 Å². The fourth-order valence-corrected chi connectivity index (χ4v) is 1.98. The third kappa shape index (κ3) is 3.05. The Morgan fingerprint density at radius 3 is 2.17 bits per heavy atom. The Morgan fingerprint density at radius 2 is 1.61 bits per heavy atom. The van der Waals surface area contributed by atoms with Crippen molar-refractivity contribution in [3.05, 3.63) is 57.6 Å². The molecule has 0 fully saturated rings. The van der Waals surface area contributed by atoms with Crippen LogP contribution in [0.4, 0.5) is 0 Å². The van der Waals surface area contributed by atoms with E-state index in [9.17, 15) is 5.11 Å². The van der Waals surface area contributed by atoms with Crippen molar-refractivity contribution >= 4 is 15.9 Å². The van der Waals surface area contributed by atoms with E-state index in [2.05, 4.69) is 15.9 Å². The van der Waals surface area contributed by atoms with Gasteiger partial charge >= 0.3 is 0 Å². The Kier molecular flexibility index (Phi) is 3.92. The van der Waals surface area contributed by atoms with Gasteiger partial charge in [0.15, 0.2) is 0 Å². The Morgan fingerprint density at radius 1 is 1.06 bits per heavy atom. The van der Waals surface area contributed by atoms with E-state index < -0.39 is 0 Å². The number of benzene rings is 2. The molecule has 3 heteroatoms. The van der Waals surface area contributed by atoms with Crippen molar-refractivity contribution < 1.29 is 9.84 Å². The summed E-state index contributed by atoms with van der Waals surface area (Å²) in [5.74, 6) is 1.13. The van der Waals surface area contributed by atoms with E-state index in [1.54, 1.807) is 12.1 Å². The summed E-state index contributed by atoms with van der Waals surface area (Å²) in [6.07, 6.45) is 0. The molecule has 94 valence electrons. The van der Waals surface area contributed by atoms with E-state index in [-0.39, 0.29) is 5.75 Å². The molecule has 0 saturated carbocycles. The fraction of sp³-hybridized carbons (Fsp3) is 0.200. The molecule has 2 rings (SSSR count). The number of hydrogen-bond donors (Lipinski definition) is 1. The van der Waals surface area contributed by atoms with Crippen LogP contribution in [-0.2, 0) is 6.61 Å². The molecule has 0 radical (unpaired) electrons. The van der Waals surface area contributed by atoms with E-state index in [1.165, 1.54) is 0 Å². The van der Waals surface area contributed by atoms with Crippen LogP contribution in [0.25, 0.3) is 0 Å². The number of hydrogen-bond acceptors (Lipinski definition) is 2. The summed E-state index contributed by atoms with van der Waals surface area (Å²) < 4.78 is 6.87. The molecule has 0 spiro atoms. The van der Waals surface area contributed by atoms with Crippen LogP contribution in [-0.4, -0.2) is 5.11 Å². The molecule has 0 saturated heterocycles. The first kappa shape index (κ1) is 13.0. The van der Waals surface area contributed by atoms with Crippen LogP contribution >= 0.6 is 15.9 Å². The number of aromatic hydroxyl groups is 1. The first-order valence-corrected chi connectivity index (χ1v) is 6.53. The summed E-state index contributed by atoms with van der Waals surface area (Å²) in [6, 6.07) is 11.1. The lowest BCUT2D eigenvalue weighted by Crippen LogP contribution is -1.96. The molecule has 0 unspecified atom stereocenters. The molecular formula is C15H15BrO2. The van der Waals surface area contributed by atoms with E-state index in [1.807, 2.05) is 38.1 Å². The lowest BCUT2D eigenvalue weighted by Gasteiger charge is -2.10. The lowest BCUT2D eigenvalue weighted by atomic mass is 10.1. The van der Waals surface area contributed by atoms with E-state index in [4.69, 9.17) is 4.74 Å². The average Bonchev–Trinajstić information content (AvgIpc) is 2.35. The summed E-state index contributed by atoms with van der Waals surface area (Å²) in [5, 5.41) is 9.20. The van der Waals surface area contributed by atoms with Gasteiger partial charge in [0.1, 0.15) is 18.1 Å². The quantitative estimate of drug-likeness (QED) is 0.913. The van der Waals surface area contributed by atoms with E-state index >= 15 is 0 Å². The molecule has 0 aliphatic rings. The van der Waals surface area contributed by atoms with Gasteiger partial charge in [0.2, 0.25) is 0 Å². The normalized spacial score (nSPS) is 10.4. The monoisotopic (exact) mass is 306 g/mol. The van der Waals surface area contributed by atoms with Crippen molar-refractivity contribution in [2.75, 3.05) is 0 Å². The highest BCUT2D eigenvalue weighted by atomic mass is 79.9. The number of halogens is 1. The minimum Gasteiger partial charge on any atom is -0.508 e. The van der Waals surface area contributed by atoms with Crippen LogP contribution in [0, 0.1) is 13.8 Å². The lowest BCUT2D eigenvalue weighted by molar-refractivity contribution is 0.305. The van der Waals surface area contributed by atoms with Gasteiger partial charge in [-0.25, -0.2) is 0 Å². The smallest absolute Gasteiger partial charge is 0.120 e. The number of rotatable bonds is 3. The van der Waals surface area contributed by atoms with Gasteiger partial charge in [0.25, 0.3) is 0 Å². The average molecular weight is 307 g/mol. The van der Waals surface area contributed by atoms with Crippen LogP contribution in [0.1, 0.15) is 16.7 Å². The van der Waals surface area contributed by atoms with Gasteiger partial charge in [0.05, 0.1) is 0 Å². The molecule has 0 aromatic heterocycles. The van der Waals surface area contributed by atoms with Crippen molar-refractivity contribution in [3.8, 4) is 11.5 Å². The summed E-state index contributed by atoms with van der Waals surface area (Å²) in [6.45, 7) is 4.59. The Labute approximate surface area is 115 Å². The predicted molar refractivity (Wildman–Crippen MR) is 76.1 cm³/mol. The molecule has 0 aliphatic carbocycles. The maximum absolute atomic E-state index is 9.20. The summed E-state index contributed by atoms with van der Waals surface area (Å²) in [7, 11) is 0. The third-order valence-electron chi connectivity index (χ3n) is 2.75. The Hall–Kier alpha value is -1.48. The highest BCUT2D eigenvalue weighted by Crippen LogP contribution is 2.26. The topological polar surface area (TPSA) is 29.5 Å². The zero-order valence-electron chi connectivity index (χ0n) is 10.4. The minimum absolute atomic E-state index is 0.272. The molecule has 0 bridgehead atoms. The second-order valence-electron chi connectivity index (χ2n) is 4.33. The number of ether oxygens (including phenoxy) is 1. The van der Waals surface area contributed by atoms with E-state index in [0.29, 0.717) is 6.61 Å². The van der Waals surface area contributed by atoms with Gasteiger partial charge in [-0.15, -0.1) is 0 Å². The minimum atomic E-state index is 0.272. The van der Waals surface area contributed by atoms with Crippen LogP contribution < -0.4 is 4.74 Å². The molecule has 0 aliphatic heterocycles. The van der Waals surface area contributed by atoms with Crippen molar-refractivity contribution in [1.29, 1.82) is 0 Å². The molecule has 18 heavy (non-hydrogen) atoms. The van der Waals surface area contributed by atoms with Crippen molar-refractivity contribution in [2.45, 2.75) is 20.5 Å². The van der Waals surface area contributed by atoms with Gasteiger partial charge in [-0.3, -0.25) is 0 Å². The molecule has 2 aromatic carbocycles. The van der Waals surface area contributed by atoms with Crippen molar-refractivity contribution in [1.82, 2.24) is 0 Å². The molecule has 2 aromatic rings. The van der Waals surface area contributed by atoms with Gasteiger partial charge in [0, 0.05) is 4.47 Å². The van der Waals surface area contributed by atoms with Crippen LogP contribution in [0.2, 0.25) is 0 Å². The molecule has 1 N–H and O–H groups in total. The number of phenols is 1. The van der Waals surface area contributed by atoms with Crippen LogP contribution in [0.15, 0.2) is 40.9 Å². The van der Waals surface area contributed by atoms with Crippen LogP contribution in [0.5, 0.6) is 11.5 Å². The second-order valence-corrected chi connectivity index (χ2v) is 5.12. The fourth-order valence-electron chi connectivity index (χ4n) is 1.75. The number of aryl methyl sites for hydroxylation is 2. The molecule has 0 heterocycles. The maximum atomic E-state index is 9.20. The standard InChI is InChI=1S/C15H15BrO2/c1-10-7-14(8-11(2)15(10)16)18-9-12-3-5-13(17)6-4-12/h3-8,17H,9H2,1-2H3. The maximum Gasteiger partial charge on any atom is 0.120 e.